The van der Waals surface area contributed by atoms with Gasteiger partial charge in [0, 0.05) is 51.0 Å². The first-order valence-electron chi connectivity index (χ1n) is 10.4. The lowest BCUT2D eigenvalue weighted by Crippen LogP contribution is -2.65. The molecule has 2 fully saturated rings. The largest absolute Gasteiger partial charge is 0.497 e. The van der Waals surface area contributed by atoms with Crippen molar-refractivity contribution in [3.8, 4) is 5.75 Å². The van der Waals surface area contributed by atoms with Crippen molar-refractivity contribution in [1.29, 1.82) is 0 Å². The summed E-state index contributed by atoms with van der Waals surface area (Å²) >= 11 is 0. The lowest BCUT2D eigenvalue weighted by atomic mass is 9.73. The number of carbonyl (C=O) groups is 1. The van der Waals surface area contributed by atoms with Gasteiger partial charge in [-0.2, -0.15) is 5.10 Å². The Morgan fingerprint density at radius 3 is 2.72 bits per heavy atom. The molecule has 7 heteroatoms. The molecule has 2 aliphatic rings. The predicted molar refractivity (Wildman–Crippen MR) is 110 cm³/mol. The number of aromatic nitrogens is 2. The molecule has 0 bridgehead atoms. The molecule has 7 nitrogen and oxygen atoms in total. The van der Waals surface area contributed by atoms with Gasteiger partial charge in [0.05, 0.1) is 31.9 Å². The smallest absolute Gasteiger partial charge is 0.231 e. The number of ether oxygens (including phenoxy) is 2. The van der Waals surface area contributed by atoms with Crippen LogP contribution < -0.4 is 4.74 Å². The zero-order valence-corrected chi connectivity index (χ0v) is 17.3. The Balaban J connectivity index is 1.49. The van der Waals surface area contributed by atoms with Crippen LogP contribution in [0.3, 0.4) is 0 Å². The van der Waals surface area contributed by atoms with Gasteiger partial charge in [0.2, 0.25) is 5.91 Å². The maximum atomic E-state index is 13.5. The Labute approximate surface area is 172 Å². The number of benzene rings is 1. The van der Waals surface area contributed by atoms with E-state index in [0.717, 1.165) is 43.9 Å². The normalized spacial score (nSPS) is 19.0. The highest BCUT2D eigenvalue weighted by atomic mass is 16.5. The standard InChI is InChI=1S/C22H30N4O3/c1-3-26-15-19(13-23-26)14-24-16-22(17-24,21(27)25-7-9-29-10-8-25)12-18-5-4-6-20(11-18)28-2/h4-6,11,13,15H,3,7-10,12,14,16-17H2,1-2H3. The molecule has 1 aromatic heterocycles. The van der Waals surface area contributed by atoms with Gasteiger partial charge >= 0.3 is 0 Å². The number of nitrogens with zero attached hydrogens (tertiary/aromatic N) is 4. The Kier molecular flexibility index (Phi) is 5.87. The molecule has 2 aromatic rings. The Bertz CT molecular complexity index is 838. The second-order valence-electron chi connectivity index (χ2n) is 8.06. The van der Waals surface area contributed by atoms with E-state index in [1.165, 1.54) is 5.56 Å². The summed E-state index contributed by atoms with van der Waals surface area (Å²) in [6, 6.07) is 8.07. The summed E-state index contributed by atoms with van der Waals surface area (Å²) in [5.41, 5.74) is 1.95. The van der Waals surface area contributed by atoms with Crippen LogP contribution in [0.15, 0.2) is 36.7 Å². The van der Waals surface area contributed by atoms with Crippen LogP contribution in [0, 0.1) is 5.41 Å². The van der Waals surface area contributed by atoms with Crippen molar-refractivity contribution in [1.82, 2.24) is 19.6 Å². The lowest BCUT2D eigenvalue weighted by Gasteiger charge is -2.51. The van der Waals surface area contributed by atoms with Gasteiger partial charge in [-0.25, -0.2) is 0 Å². The minimum Gasteiger partial charge on any atom is -0.497 e. The fraction of sp³-hybridized carbons (Fsp3) is 0.545. The van der Waals surface area contributed by atoms with Gasteiger partial charge < -0.3 is 14.4 Å². The summed E-state index contributed by atoms with van der Waals surface area (Å²) in [5, 5.41) is 4.36. The van der Waals surface area contributed by atoms with E-state index >= 15 is 0 Å². The third kappa shape index (κ3) is 4.31. The van der Waals surface area contributed by atoms with Gasteiger partial charge in [0.1, 0.15) is 5.75 Å². The average Bonchev–Trinajstić information content (AvgIpc) is 3.20. The van der Waals surface area contributed by atoms with E-state index in [0.29, 0.717) is 26.3 Å². The van der Waals surface area contributed by atoms with E-state index in [2.05, 4.69) is 29.2 Å². The average molecular weight is 399 g/mol. The van der Waals surface area contributed by atoms with E-state index in [9.17, 15) is 4.79 Å². The highest BCUT2D eigenvalue weighted by Crippen LogP contribution is 2.38. The highest BCUT2D eigenvalue weighted by Gasteiger charge is 2.50. The van der Waals surface area contributed by atoms with Crippen LogP contribution in [0.1, 0.15) is 18.1 Å². The fourth-order valence-corrected chi connectivity index (χ4v) is 4.44. The van der Waals surface area contributed by atoms with Crippen molar-refractivity contribution >= 4 is 5.91 Å². The molecule has 2 aliphatic heterocycles. The van der Waals surface area contributed by atoms with Crippen LogP contribution in [-0.2, 0) is 29.0 Å². The van der Waals surface area contributed by atoms with Gasteiger partial charge in [-0.05, 0) is 31.0 Å². The highest BCUT2D eigenvalue weighted by molar-refractivity contribution is 5.85. The van der Waals surface area contributed by atoms with Crippen LogP contribution in [0.5, 0.6) is 5.75 Å². The molecule has 0 radical (unpaired) electrons. The molecule has 3 heterocycles. The first kappa shape index (κ1) is 19.9. The SMILES string of the molecule is CCn1cc(CN2CC(Cc3cccc(OC)c3)(C(=O)N3CCOCC3)C2)cn1. The van der Waals surface area contributed by atoms with Crippen molar-refractivity contribution in [3.05, 3.63) is 47.8 Å². The number of morpholine rings is 1. The first-order chi connectivity index (χ1) is 14.1. The number of hydrogen-bond donors (Lipinski definition) is 0. The number of rotatable bonds is 7. The Hall–Kier alpha value is -2.38. The molecule has 0 aliphatic carbocycles. The number of hydrogen-bond acceptors (Lipinski definition) is 5. The summed E-state index contributed by atoms with van der Waals surface area (Å²) in [6.45, 7) is 7.92. The van der Waals surface area contributed by atoms with Crippen molar-refractivity contribution in [3.63, 3.8) is 0 Å². The fourth-order valence-electron chi connectivity index (χ4n) is 4.44. The van der Waals surface area contributed by atoms with Crippen molar-refractivity contribution in [2.75, 3.05) is 46.5 Å². The van der Waals surface area contributed by atoms with Crippen molar-refractivity contribution in [2.24, 2.45) is 5.41 Å². The van der Waals surface area contributed by atoms with Crippen LogP contribution in [0.2, 0.25) is 0 Å². The third-order valence-corrected chi connectivity index (χ3v) is 5.90. The quantitative estimate of drug-likeness (QED) is 0.712. The maximum absolute atomic E-state index is 13.5. The predicted octanol–water partition coefficient (Wildman–Crippen LogP) is 1.82. The number of aryl methyl sites for hydroxylation is 1. The number of carbonyl (C=O) groups excluding carboxylic acids is 1. The molecular weight excluding hydrogens is 368 g/mol. The van der Waals surface area contributed by atoms with Crippen molar-refractivity contribution in [2.45, 2.75) is 26.4 Å². The van der Waals surface area contributed by atoms with E-state index in [1.54, 1.807) is 7.11 Å². The molecule has 156 valence electrons. The molecule has 0 atom stereocenters. The van der Waals surface area contributed by atoms with Gasteiger partial charge in [-0.1, -0.05) is 12.1 Å². The van der Waals surface area contributed by atoms with Gasteiger partial charge in [-0.3, -0.25) is 14.4 Å². The van der Waals surface area contributed by atoms with Gasteiger partial charge in [0.25, 0.3) is 0 Å². The number of amides is 1. The summed E-state index contributed by atoms with van der Waals surface area (Å²) in [4.78, 5) is 17.8. The molecule has 1 amide bonds. The van der Waals surface area contributed by atoms with Crippen LogP contribution in [-0.4, -0.2) is 72.0 Å². The Morgan fingerprint density at radius 2 is 2.03 bits per heavy atom. The summed E-state index contributed by atoms with van der Waals surface area (Å²) in [6.07, 6.45) is 4.74. The minimum absolute atomic E-state index is 0.254. The molecule has 1 aromatic carbocycles. The molecule has 4 rings (SSSR count). The zero-order valence-electron chi connectivity index (χ0n) is 17.3. The molecule has 2 saturated heterocycles. The molecule has 0 saturated carbocycles. The van der Waals surface area contributed by atoms with E-state index in [1.807, 2.05) is 34.0 Å². The summed E-state index contributed by atoms with van der Waals surface area (Å²) < 4.78 is 12.8. The second-order valence-corrected chi connectivity index (χ2v) is 8.06. The van der Waals surface area contributed by atoms with Gasteiger partial charge in [-0.15, -0.1) is 0 Å². The zero-order chi connectivity index (χ0) is 20.3. The van der Waals surface area contributed by atoms with E-state index < -0.39 is 0 Å². The second kappa shape index (κ2) is 8.55. The maximum Gasteiger partial charge on any atom is 0.231 e. The van der Waals surface area contributed by atoms with Crippen molar-refractivity contribution < 1.29 is 14.3 Å². The monoisotopic (exact) mass is 398 g/mol. The van der Waals surface area contributed by atoms with E-state index in [-0.39, 0.29) is 11.3 Å². The van der Waals surface area contributed by atoms with Crippen LogP contribution in [0.4, 0.5) is 0 Å². The lowest BCUT2D eigenvalue weighted by molar-refractivity contribution is -0.158. The Morgan fingerprint density at radius 1 is 1.24 bits per heavy atom. The number of methoxy groups -OCH3 is 1. The molecule has 0 unspecified atom stereocenters. The summed E-state index contributed by atoms with van der Waals surface area (Å²) in [5.74, 6) is 1.09. The summed E-state index contributed by atoms with van der Waals surface area (Å²) in [7, 11) is 1.68. The van der Waals surface area contributed by atoms with Crippen LogP contribution >= 0.6 is 0 Å². The third-order valence-electron chi connectivity index (χ3n) is 5.90. The van der Waals surface area contributed by atoms with E-state index in [4.69, 9.17) is 9.47 Å². The van der Waals surface area contributed by atoms with Gasteiger partial charge in [0.15, 0.2) is 0 Å². The minimum atomic E-state index is -0.384. The first-order valence-corrected chi connectivity index (χ1v) is 10.4. The molecule has 0 spiro atoms. The molecule has 0 N–H and O–H groups in total. The molecular formula is C22H30N4O3. The molecule has 29 heavy (non-hydrogen) atoms. The topological polar surface area (TPSA) is 59.8 Å². The number of likely N-dealkylation sites (tertiary alicyclic amines) is 1. The van der Waals surface area contributed by atoms with Crippen LogP contribution in [0.25, 0.3) is 0 Å².